The Hall–Kier alpha value is -4.29. The van der Waals surface area contributed by atoms with Gasteiger partial charge in [0.25, 0.3) is 0 Å². The van der Waals surface area contributed by atoms with Gasteiger partial charge in [-0.1, -0.05) is 48.5 Å². The summed E-state index contributed by atoms with van der Waals surface area (Å²) in [5, 5.41) is 16.7. The van der Waals surface area contributed by atoms with Crippen molar-refractivity contribution < 1.29 is 0 Å². The Morgan fingerprint density at radius 1 is 0.600 bits per heavy atom. The van der Waals surface area contributed by atoms with E-state index in [-0.39, 0.29) is 0 Å². The van der Waals surface area contributed by atoms with Gasteiger partial charge < -0.3 is 0 Å². The molecule has 3 heteroatoms. The van der Waals surface area contributed by atoms with E-state index in [0.29, 0.717) is 5.56 Å². The maximum absolute atomic E-state index is 9.16. The van der Waals surface area contributed by atoms with Gasteiger partial charge in [-0.25, -0.2) is 4.98 Å². The van der Waals surface area contributed by atoms with Gasteiger partial charge in [-0.15, -0.1) is 0 Å². The van der Waals surface area contributed by atoms with Crippen LogP contribution in [0.5, 0.6) is 0 Å². The fourth-order valence-electron chi connectivity index (χ4n) is 4.30. The molecular formula is C27H15N3. The average molecular weight is 381 g/mol. The Balaban J connectivity index is 1.56. The predicted molar refractivity (Wildman–Crippen MR) is 121 cm³/mol. The van der Waals surface area contributed by atoms with Crippen LogP contribution in [-0.2, 0) is 0 Å². The topological polar surface area (TPSA) is 49.6 Å². The van der Waals surface area contributed by atoms with Crippen molar-refractivity contribution in [1.82, 2.24) is 9.97 Å². The molecule has 0 spiro atoms. The zero-order valence-electron chi connectivity index (χ0n) is 16.0. The molecule has 0 aliphatic heterocycles. The Morgan fingerprint density at radius 2 is 1.20 bits per heavy atom. The molecule has 0 fully saturated rings. The van der Waals surface area contributed by atoms with Crippen LogP contribution < -0.4 is 0 Å². The van der Waals surface area contributed by atoms with E-state index < -0.39 is 0 Å². The molecule has 6 rings (SSSR count). The fraction of sp³-hybridized carbons (Fsp3) is 0. The third-order valence-electron chi connectivity index (χ3n) is 5.67. The largest absolute Gasteiger partial charge is 0.263 e. The molecule has 0 unspecified atom stereocenters. The molecule has 0 bridgehead atoms. The van der Waals surface area contributed by atoms with Gasteiger partial charge >= 0.3 is 0 Å². The number of hydrogen-bond donors (Lipinski definition) is 0. The van der Waals surface area contributed by atoms with Crippen LogP contribution in [0.2, 0.25) is 0 Å². The standard InChI is InChI=1S/C27H15N3/c28-14-17-11-23(16-29-15-17)25-6-2-5-24(30-25)22-12-20-9-7-18-3-1-4-19-8-10-21(13-22)27(20)26(18)19/h1-13,15-16H. The first kappa shape index (κ1) is 16.6. The van der Waals surface area contributed by atoms with Gasteiger partial charge in [0.2, 0.25) is 0 Å². The maximum atomic E-state index is 9.16. The number of pyridine rings is 2. The zero-order chi connectivity index (χ0) is 20.1. The van der Waals surface area contributed by atoms with Crippen molar-refractivity contribution in [3.8, 4) is 28.6 Å². The lowest BCUT2D eigenvalue weighted by molar-refractivity contribution is 1.26. The van der Waals surface area contributed by atoms with Crippen LogP contribution in [0, 0.1) is 11.3 Å². The third-order valence-corrected chi connectivity index (χ3v) is 5.67. The highest BCUT2D eigenvalue weighted by Gasteiger charge is 2.11. The Kier molecular flexibility index (Phi) is 3.53. The first-order chi connectivity index (χ1) is 14.8. The summed E-state index contributed by atoms with van der Waals surface area (Å²) in [7, 11) is 0. The van der Waals surface area contributed by atoms with Crippen LogP contribution in [0.1, 0.15) is 5.56 Å². The number of rotatable bonds is 2. The van der Waals surface area contributed by atoms with Crippen molar-refractivity contribution >= 4 is 32.3 Å². The second-order valence-electron chi connectivity index (χ2n) is 7.49. The molecule has 2 heterocycles. The summed E-state index contributed by atoms with van der Waals surface area (Å²) in [5.41, 5.74) is 4.16. The fourth-order valence-corrected chi connectivity index (χ4v) is 4.30. The monoisotopic (exact) mass is 381 g/mol. The van der Waals surface area contributed by atoms with Crippen molar-refractivity contribution in [2.75, 3.05) is 0 Å². The second kappa shape index (κ2) is 6.37. The molecule has 4 aromatic carbocycles. The van der Waals surface area contributed by atoms with Crippen molar-refractivity contribution in [2.45, 2.75) is 0 Å². The van der Waals surface area contributed by atoms with E-state index in [1.165, 1.54) is 32.3 Å². The lowest BCUT2D eigenvalue weighted by atomic mass is 9.92. The third kappa shape index (κ3) is 2.52. The molecule has 30 heavy (non-hydrogen) atoms. The summed E-state index contributed by atoms with van der Waals surface area (Å²) in [6.07, 6.45) is 3.31. The minimum atomic E-state index is 0.530. The predicted octanol–water partition coefficient (Wildman–Crippen LogP) is 6.58. The molecule has 6 aromatic rings. The first-order valence-corrected chi connectivity index (χ1v) is 9.81. The van der Waals surface area contributed by atoms with Gasteiger partial charge in [0, 0.05) is 23.5 Å². The number of hydrogen-bond acceptors (Lipinski definition) is 3. The molecule has 0 radical (unpaired) electrons. The Labute approximate surface area is 173 Å². The van der Waals surface area contributed by atoms with Crippen molar-refractivity contribution in [1.29, 1.82) is 5.26 Å². The van der Waals surface area contributed by atoms with Gasteiger partial charge in [0.05, 0.1) is 17.0 Å². The van der Waals surface area contributed by atoms with Crippen LogP contribution >= 0.6 is 0 Å². The van der Waals surface area contributed by atoms with Crippen LogP contribution in [0.3, 0.4) is 0 Å². The highest BCUT2D eigenvalue weighted by molar-refractivity contribution is 6.23. The smallest absolute Gasteiger partial charge is 0.101 e. The molecular weight excluding hydrogens is 366 g/mol. The molecule has 0 aliphatic carbocycles. The van der Waals surface area contributed by atoms with Crippen LogP contribution in [0.4, 0.5) is 0 Å². The minimum Gasteiger partial charge on any atom is -0.263 e. The summed E-state index contributed by atoms with van der Waals surface area (Å²) in [6.45, 7) is 0. The lowest BCUT2D eigenvalue weighted by Gasteiger charge is -2.13. The van der Waals surface area contributed by atoms with E-state index in [1.807, 2.05) is 24.3 Å². The van der Waals surface area contributed by atoms with Gasteiger partial charge in [0.1, 0.15) is 6.07 Å². The molecule has 0 aliphatic rings. The van der Waals surface area contributed by atoms with Gasteiger partial charge in [0.15, 0.2) is 0 Å². The second-order valence-corrected chi connectivity index (χ2v) is 7.49. The SMILES string of the molecule is N#Cc1cncc(-c2cccc(-c3cc4ccc5cccc6ccc(c3)c4c56)n2)c1. The number of benzene rings is 4. The molecule has 0 saturated carbocycles. The molecule has 0 saturated heterocycles. The molecule has 0 amide bonds. The number of nitriles is 1. The van der Waals surface area contributed by atoms with E-state index in [0.717, 1.165) is 22.5 Å². The van der Waals surface area contributed by atoms with Gasteiger partial charge in [-0.05, 0) is 62.6 Å². The molecule has 138 valence electrons. The molecule has 0 N–H and O–H groups in total. The summed E-state index contributed by atoms with van der Waals surface area (Å²) >= 11 is 0. The van der Waals surface area contributed by atoms with Crippen LogP contribution in [0.15, 0.2) is 91.3 Å². The molecule has 2 aromatic heterocycles. The van der Waals surface area contributed by atoms with E-state index >= 15 is 0 Å². The van der Waals surface area contributed by atoms with Gasteiger partial charge in [-0.3, -0.25) is 4.98 Å². The molecule has 3 nitrogen and oxygen atoms in total. The number of nitrogens with zero attached hydrogens (tertiary/aromatic N) is 3. The highest BCUT2D eigenvalue weighted by Crippen LogP contribution is 2.37. The Morgan fingerprint density at radius 3 is 1.90 bits per heavy atom. The van der Waals surface area contributed by atoms with Crippen molar-refractivity contribution in [3.63, 3.8) is 0 Å². The Bertz CT molecular complexity index is 1540. The molecule has 0 atom stereocenters. The number of aromatic nitrogens is 2. The zero-order valence-corrected chi connectivity index (χ0v) is 16.0. The summed E-state index contributed by atoms with van der Waals surface area (Å²) in [5.74, 6) is 0. The first-order valence-electron chi connectivity index (χ1n) is 9.81. The van der Waals surface area contributed by atoms with E-state index in [4.69, 9.17) is 10.2 Å². The average Bonchev–Trinajstić information content (AvgIpc) is 2.82. The van der Waals surface area contributed by atoms with Crippen molar-refractivity contribution in [3.05, 3.63) is 96.8 Å². The van der Waals surface area contributed by atoms with Crippen molar-refractivity contribution in [2.24, 2.45) is 0 Å². The summed E-state index contributed by atoms with van der Waals surface area (Å²) in [4.78, 5) is 9.04. The van der Waals surface area contributed by atoms with E-state index in [1.54, 1.807) is 12.4 Å². The van der Waals surface area contributed by atoms with E-state index in [9.17, 15) is 0 Å². The summed E-state index contributed by atoms with van der Waals surface area (Å²) in [6, 6.07) is 29.6. The lowest BCUT2D eigenvalue weighted by Crippen LogP contribution is -1.91. The minimum absolute atomic E-state index is 0.530. The van der Waals surface area contributed by atoms with Gasteiger partial charge in [-0.2, -0.15) is 5.26 Å². The normalized spacial score (nSPS) is 11.3. The van der Waals surface area contributed by atoms with Crippen LogP contribution in [0.25, 0.3) is 54.8 Å². The quantitative estimate of drug-likeness (QED) is 0.318. The maximum Gasteiger partial charge on any atom is 0.101 e. The van der Waals surface area contributed by atoms with E-state index in [2.05, 4.69) is 65.7 Å². The highest BCUT2D eigenvalue weighted by atomic mass is 14.7. The summed E-state index contributed by atoms with van der Waals surface area (Å²) < 4.78 is 0. The van der Waals surface area contributed by atoms with Crippen LogP contribution in [-0.4, -0.2) is 9.97 Å².